The fraction of sp³-hybridized carbons (Fsp3) is 0.429. The van der Waals surface area contributed by atoms with Crippen LogP contribution in [0, 0.1) is 5.92 Å². The topological polar surface area (TPSA) is 118 Å². The first-order chi connectivity index (χ1) is 10.6. The summed E-state index contributed by atoms with van der Waals surface area (Å²) < 4.78 is 26.8. The van der Waals surface area contributed by atoms with Crippen LogP contribution in [0.3, 0.4) is 0 Å². The second-order valence-corrected chi connectivity index (χ2v) is 7.90. The molecule has 1 fully saturated rings. The number of carbonyl (C=O) groups is 2. The SMILES string of the molecule is CC1CCC(C(=O)O)CN1S(=O)(=O)c1cc(Cl)cc(C(N)=O)c1. The number of hydrogen-bond donors (Lipinski definition) is 2. The Morgan fingerprint density at radius 3 is 2.52 bits per heavy atom. The van der Waals surface area contributed by atoms with Crippen LogP contribution in [-0.2, 0) is 14.8 Å². The largest absolute Gasteiger partial charge is 0.481 e. The highest BCUT2D eigenvalue weighted by Crippen LogP contribution is 2.30. The van der Waals surface area contributed by atoms with E-state index in [0.717, 1.165) is 10.4 Å². The maximum absolute atomic E-state index is 12.8. The third-order valence-electron chi connectivity index (χ3n) is 3.94. The van der Waals surface area contributed by atoms with Gasteiger partial charge in [-0.25, -0.2) is 8.42 Å². The van der Waals surface area contributed by atoms with Crippen molar-refractivity contribution in [1.29, 1.82) is 0 Å². The molecule has 1 amide bonds. The summed E-state index contributed by atoms with van der Waals surface area (Å²) in [5, 5.41) is 9.20. The minimum atomic E-state index is -3.98. The highest BCUT2D eigenvalue weighted by atomic mass is 35.5. The molecule has 0 radical (unpaired) electrons. The number of hydrogen-bond acceptors (Lipinski definition) is 4. The van der Waals surface area contributed by atoms with Gasteiger partial charge in [0.05, 0.1) is 10.8 Å². The lowest BCUT2D eigenvalue weighted by atomic mass is 9.96. The number of amides is 1. The van der Waals surface area contributed by atoms with E-state index in [1.807, 2.05) is 0 Å². The Morgan fingerprint density at radius 1 is 1.30 bits per heavy atom. The van der Waals surface area contributed by atoms with Crippen LogP contribution < -0.4 is 5.73 Å². The van der Waals surface area contributed by atoms with Crippen molar-refractivity contribution in [2.45, 2.75) is 30.7 Å². The molecule has 1 aromatic rings. The van der Waals surface area contributed by atoms with Crippen molar-refractivity contribution >= 4 is 33.5 Å². The summed E-state index contributed by atoms with van der Waals surface area (Å²) in [4.78, 5) is 22.3. The van der Waals surface area contributed by atoms with Crippen molar-refractivity contribution in [3.05, 3.63) is 28.8 Å². The van der Waals surface area contributed by atoms with E-state index in [1.54, 1.807) is 6.92 Å². The number of sulfonamides is 1. The molecular formula is C14H17ClN2O5S. The number of carbonyl (C=O) groups excluding carboxylic acids is 1. The maximum Gasteiger partial charge on any atom is 0.307 e. The Labute approximate surface area is 139 Å². The molecule has 1 aliphatic rings. The van der Waals surface area contributed by atoms with Gasteiger partial charge in [0.2, 0.25) is 15.9 Å². The number of primary amides is 1. The highest BCUT2D eigenvalue weighted by Gasteiger charge is 2.37. The zero-order chi connectivity index (χ0) is 17.4. The third-order valence-corrected chi connectivity index (χ3v) is 6.11. The minimum Gasteiger partial charge on any atom is -0.481 e. The standard InChI is InChI=1S/C14H17ClN2O5S/c1-8-2-3-9(14(19)20)7-17(8)23(21,22)12-5-10(13(16)18)4-11(15)6-12/h4-6,8-9H,2-3,7H2,1H3,(H2,16,18)(H,19,20). The Morgan fingerprint density at radius 2 is 1.96 bits per heavy atom. The lowest BCUT2D eigenvalue weighted by Gasteiger charge is -2.35. The Bertz CT molecular complexity index is 750. The average molecular weight is 361 g/mol. The van der Waals surface area contributed by atoms with Gasteiger partial charge in [-0.1, -0.05) is 11.6 Å². The monoisotopic (exact) mass is 360 g/mol. The van der Waals surface area contributed by atoms with E-state index in [0.29, 0.717) is 12.8 Å². The molecule has 23 heavy (non-hydrogen) atoms. The van der Waals surface area contributed by atoms with Crippen LogP contribution in [0.5, 0.6) is 0 Å². The van der Waals surface area contributed by atoms with Gasteiger partial charge in [-0.05, 0) is 38.0 Å². The molecule has 0 aliphatic carbocycles. The molecule has 126 valence electrons. The number of carboxylic acids is 1. The average Bonchev–Trinajstić information content (AvgIpc) is 2.46. The van der Waals surface area contributed by atoms with Crippen LogP contribution in [0.4, 0.5) is 0 Å². The van der Waals surface area contributed by atoms with Gasteiger partial charge in [-0.2, -0.15) is 4.31 Å². The molecular weight excluding hydrogens is 344 g/mol. The van der Waals surface area contributed by atoms with Gasteiger partial charge in [0.1, 0.15) is 0 Å². The van der Waals surface area contributed by atoms with E-state index >= 15 is 0 Å². The molecule has 1 aliphatic heterocycles. The molecule has 1 aromatic carbocycles. The summed E-state index contributed by atoms with van der Waals surface area (Å²) in [6.45, 7) is 1.60. The molecule has 1 heterocycles. The van der Waals surface area contributed by atoms with Crippen LogP contribution in [0.25, 0.3) is 0 Å². The summed E-state index contributed by atoms with van der Waals surface area (Å²) in [7, 11) is -3.98. The van der Waals surface area contributed by atoms with Crippen LogP contribution in [0.15, 0.2) is 23.1 Å². The molecule has 0 bridgehead atoms. The highest BCUT2D eigenvalue weighted by molar-refractivity contribution is 7.89. The van der Waals surface area contributed by atoms with E-state index in [9.17, 15) is 18.0 Å². The van der Waals surface area contributed by atoms with Crippen molar-refractivity contribution in [3.8, 4) is 0 Å². The summed E-state index contributed by atoms with van der Waals surface area (Å²) >= 11 is 5.87. The molecule has 0 aromatic heterocycles. The van der Waals surface area contributed by atoms with Crippen molar-refractivity contribution in [1.82, 2.24) is 4.31 Å². The molecule has 3 N–H and O–H groups in total. The number of piperidine rings is 1. The van der Waals surface area contributed by atoms with Gasteiger partial charge in [0.15, 0.2) is 0 Å². The first-order valence-electron chi connectivity index (χ1n) is 6.98. The van der Waals surface area contributed by atoms with Crippen LogP contribution in [-0.4, -0.2) is 42.3 Å². The molecule has 0 spiro atoms. The molecule has 1 saturated heterocycles. The smallest absolute Gasteiger partial charge is 0.307 e. The first-order valence-corrected chi connectivity index (χ1v) is 8.79. The predicted molar refractivity (Wildman–Crippen MR) is 83.7 cm³/mol. The number of nitrogens with two attached hydrogens (primary N) is 1. The molecule has 2 unspecified atom stereocenters. The van der Waals surface area contributed by atoms with Gasteiger partial charge in [-0.3, -0.25) is 9.59 Å². The lowest BCUT2D eigenvalue weighted by Crippen LogP contribution is -2.47. The number of benzene rings is 1. The van der Waals surface area contributed by atoms with Crippen LogP contribution >= 0.6 is 11.6 Å². The van der Waals surface area contributed by atoms with Gasteiger partial charge in [0, 0.05) is 23.2 Å². The van der Waals surface area contributed by atoms with Gasteiger partial charge >= 0.3 is 5.97 Å². The Kier molecular flexibility index (Phi) is 4.98. The molecule has 2 atom stereocenters. The lowest BCUT2D eigenvalue weighted by molar-refractivity contribution is -0.143. The van der Waals surface area contributed by atoms with Crippen molar-refractivity contribution in [2.24, 2.45) is 11.7 Å². The summed E-state index contributed by atoms with van der Waals surface area (Å²) in [6.07, 6.45) is 0.865. The summed E-state index contributed by atoms with van der Waals surface area (Å²) in [5.74, 6) is -2.57. The van der Waals surface area contributed by atoms with Gasteiger partial charge in [0.25, 0.3) is 0 Å². The van der Waals surface area contributed by atoms with Crippen LogP contribution in [0.2, 0.25) is 5.02 Å². The summed E-state index contributed by atoms with van der Waals surface area (Å²) in [5.41, 5.74) is 5.16. The zero-order valence-corrected chi connectivity index (χ0v) is 14.0. The molecule has 9 heteroatoms. The maximum atomic E-state index is 12.8. The van der Waals surface area contributed by atoms with Crippen molar-refractivity contribution in [3.63, 3.8) is 0 Å². The van der Waals surface area contributed by atoms with E-state index in [1.165, 1.54) is 12.1 Å². The third kappa shape index (κ3) is 3.65. The van der Waals surface area contributed by atoms with E-state index in [4.69, 9.17) is 22.4 Å². The Balaban J connectivity index is 2.44. The first kappa shape index (κ1) is 17.7. The predicted octanol–water partition coefficient (Wildman–Crippen LogP) is 1.31. The van der Waals surface area contributed by atoms with Gasteiger partial charge in [-0.15, -0.1) is 0 Å². The fourth-order valence-corrected chi connectivity index (χ4v) is 4.68. The van der Waals surface area contributed by atoms with E-state index < -0.39 is 27.8 Å². The number of halogens is 1. The molecule has 7 nitrogen and oxygen atoms in total. The zero-order valence-electron chi connectivity index (χ0n) is 12.4. The Hall–Kier alpha value is -1.64. The summed E-state index contributed by atoms with van der Waals surface area (Å²) in [6, 6.07) is 3.32. The van der Waals surface area contributed by atoms with E-state index in [-0.39, 0.29) is 28.1 Å². The van der Waals surface area contributed by atoms with Crippen molar-refractivity contribution in [2.75, 3.05) is 6.54 Å². The minimum absolute atomic E-state index is 0.0180. The second-order valence-electron chi connectivity index (χ2n) is 5.58. The number of nitrogens with zero attached hydrogens (tertiary/aromatic N) is 1. The number of carboxylic acid groups (broad SMARTS) is 1. The number of aliphatic carboxylic acids is 1. The van der Waals surface area contributed by atoms with Crippen LogP contribution in [0.1, 0.15) is 30.1 Å². The quantitative estimate of drug-likeness (QED) is 0.839. The fourth-order valence-electron chi connectivity index (χ4n) is 2.60. The molecule has 0 saturated carbocycles. The van der Waals surface area contributed by atoms with Gasteiger partial charge < -0.3 is 10.8 Å². The number of rotatable bonds is 4. The van der Waals surface area contributed by atoms with Crippen molar-refractivity contribution < 1.29 is 23.1 Å². The van der Waals surface area contributed by atoms with E-state index in [2.05, 4.69) is 0 Å². The molecule has 2 rings (SSSR count). The second kappa shape index (κ2) is 6.46. The normalized spacial score (nSPS) is 22.7.